The number of carbonyl (C=O) groups is 3. The lowest BCUT2D eigenvalue weighted by Gasteiger charge is -2.18. The Hall–Kier alpha value is -4.19. The number of unbranched alkanes of at least 4 members (excludes halogenated alkanes) is 30. The zero-order chi connectivity index (χ0) is 58.5. The van der Waals surface area contributed by atoms with Crippen molar-refractivity contribution in [2.75, 3.05) is 13.2 Å². The van der Waals surface area contributed by atoms with Crippen LogP contribution in [-0.2, 0) is 28.6 Å². The summed E-state index contributed by atoms with van der Waals surface area (Å²) in [5.74, 6) is -0.892. The molecule has 0 bridgehead atoms. The van der Waals surface area contributed by atoms with Crippen LogP contribution in [0.4, 0.5) is 0 Å². The highest BCUT2D eigenvalue weighted by atomic mass is 16.6. The summed E-state index contributed by atoms with van der Waals surface area (Å²) >= 11 is 0. The average molecular weight is 1120 g/mol. The van der Waals surface area contributed by atoms with E-state index in [1.54, 1.807) is 0 Å². The van der Waals surface area contributed by atoms with E-state index in [0.29, 0.717) is 19.3 Å². The number of esters is 3. The lowest BCUT2D eigenvalue weighted by molar-refractivity contribution is -0.167. The largest absolute Gasteiger partial charge is 0.462 e. The van der Waals surface area contributed by atoms with Crippen molar-refractivity contribution in [3.8, 4) is 0 Å². The van der Waals surface area contributed by atoms with E-state index in [-0.39, 0.29) is 31.1 Å². The minimum atomic E-state index is -0.788. The van der Waals surface area contributed by atoms with Crippen molar-refractivity contribution >= 4 is 17.9 Å². The third kappa shape index (κ3) is 66.5. The van der Waals surface area contributed by atoms with Gasteiger partial charge in [-0.1, -0.05) is 309 Å². The second kappa shape index (κ2) is 68.3. The van der Waals surface area contributed by atoms with Crippen molar-refractivity contribution in [1.29, 1.82) is 0 Å². The predicted molar refractivity (Wildman–Crippen MR) is 353 cm³/mol. The topological polar surface area (TPSA) is 78.9 Å². The quantitative estimate of drug-likeness (QED) is 0.0261. The molecule has 0 aliphatic heterocycles. The molecule has 6 heteroatoms. The fourth-order valence-electron chi connectivity index (χ4n) is 9.36. The molecule has 6 nitrogen and oxygen atoms in total. The van der Waals surface area contributed by atoms with Gasteiger partial charge in [0.25, 0.3) is 0 Å². The van der Waals surface area contributed by atoms with Crippen molar-refractivity contribution in [2.24, 2.45) is 0 Å². The third-order valence-corrected chi connectivity index (χ3v) is 14.5. The van der Waals surface area contributed by atoms with Crippen molar-refractivity contribution < 1.29 is 28.6 Å². The first kappa shape index (κ1) is 76.8. The minimum Gasteiger partial charge on any atom is -0.462 e. The molecule has 0 N–H and O–H groups in total. The monoisotopic (exact) mass is 1120 g/mol. The Balaban J connectivity index is 4.22. The number of rotatable bonds is 61. The lowest BCUT2D eigenvalue weighted by atomic mass is 10.0. The van der Waals surface area contributed by atoms with E-state index in [1.165, 1.54) is 141 Å². The molecule has 0 aromatic heterocycles. The normalized spacial score (nSPS) is 12.9. The highest BCUT2D eigenvalue weighted by molar-refractivity contribution is 5.71. The molecule has 462 valence electrons. The summed E-state index contributed by atoms with van der Waals surface area (Å²) in [6.45, 7) is 6.49. The number of ether oxygens (including phenoxy) is 3. The highest BCUT2D eigenvalue weighted by Crippen LogP contribution is 2.16. The van der Waals surface area contributed by atoms with E-state index < -0.39 is 6.10 Å². The van der Waals surface area contributed by atoms with Gasteiger partial charge in [-0.2, -0.15) is 0 Å². The van der Waals surface area contributed by atoms with Gasteiger partial charge in [-0.25, -0.2) is 0 Å². The summed E-state index contributed by atoms with van der Waals surface area (Å²) in [5, 5.41) is 0. The molecule has 0 aromatic rings. The first-order valence-corrected chi connectivity index (χ1v) is 34.0. The molecule has 0 spiro atoms. The third-order valence-electron chi connectivity index (χ3n) is 14.5. The van der Waals surface area contributed by atoms with Crippen molar-refractivity contribution in [2.45, 2.75) is 322 Å². The van der Waals surface area contributed by atoms with Crippen LogP contribution in [0.3, 0.4) is 0 Å². The SMILES string of the molecule is CC/C=C\C/C=C\C/C=C\C/C=C\C/C=C\C/C=C\C/C=C\C/C=C\CCCCCCCCCCCCC(=O)OCC(COC(=O)CCCCCCCCCCCCCCCC)OC(=O)CCCCCCC/C=C\C/C=C\CCCC. The zero-order valence-electron chi connectivity index (χ0n) is 53.0. The average Bonchev–Trinajstić information content (AvgIpc) is 3.47. The van der Waals surface area contributed by atoms with E-state index >= 15 is 0 Å². The van der Waals surface area contributed by atoms with Gasteiger partial charge in [-0.15, -0.1) is 0 Å². The lowest BCUT2D eigenvalue weighted by Crippen LogP contribution is -2.30. The fraction of sp³-hybridized carbons (Fsp3) is 0.693. The first-order valence-electron chi connectivity index (χ1n) is 34.0. The molecule has 0 amide bonds. The molecule has 81 heavy (non-hydrogen) atoms. The van der Waals surface area contributed by atoms with Crippen LogP contribution in [0.25, 0.3) is 0 Å². The molecule has 1 unspecified atom stereocenters. The smallest absolute Gasteiger partial charge is 0.306 e. The summed E-state index contributed by atoms with van der Waals surface area (Å²) in [5.41, 5.74) is 0. The Labute approximate surface area is 501 Å². The van der Waals surface area contributed by atoms with Crippen molar-refractivity contribution in [3.05, 3.63) is 122 Å². The van der Waals surface area contributed by atoms with Crippen LogP contribution in [0, 0.1) is 0 Å². The van der Waals surface area contributed by atoms with Crippen LogP contribution in [0.1, 0.15) is 316 Å². The molecular formula is C75H126O6. The van der Waals surface area contributed by atoms with E-state index in [0.717, 1.165) is 135 Å². The Bertz CT molecular complexity index is 1670. The minimum absolute atomic E-state index is 0.0827. The molecule has 0 aliphatic rings. The maximum atomic E-state index is 12.9. The van der Waals surface area contributed by atoms with Gasteiger partial charge in [0.2, 0.25) is 0 Å². The van der Waals surface area contributed by atoms with Gasteiger partial charge in [-0.3, -0.25) is 14.4 Å². The van der Waals surface area contributed by atoms with Gasteiger partial charge >= 0.3 is 17.9 Å². The van der Waals surface area contributed by atoms with Gasteiger partial charge in [0.15, 0.2) is 6.10 Å². The van der Waals surface area contributed by atoms with Crippen LogP contribution in [0.15, 0.2) is 122 Å². The summed E-state index contributed by atoms with van der Waals surface area (Å²) < 4.78 is 16.9. The van der Waals surface area contributed by atoms with E-state index in [4.69, 9.17) is 14.2 Å². The Morgan fingerprint density at radius 1 is 0.259 bits per heavy atom. The number of carbonyl (C=O) groups excluding carboxylic acids is 3. The number of allylic oxidation sites excluding steroid dienone is 20. The molecule has 0 rings (SSSR count). The Morgan fingerprint density at radius 2 is 0.494 bits per heavy atom. The van der Waals surface area contributed by atoms with Crippen LogP contribution in [-0.4, -0.2) is 37.2 Å². The predicted octanol–water partition coefficient (Wildman–Crippen LogP) is 23.6. The van der Waals surface area contributed by atoms with Gasteiger partial charge < -0.3 is 14.2 Å². The Morgan fingerprint density at radius 3 is 0.790 bits per heavy atom. The molecule has 0 heterocycles. The van der Waals surface area contributed by atoms with Crippen LogP contribution in [0.2, 0.25) is 0 Å². The summed E-state index contributed by atoms with van der Waals surface area (Å²) in [6.07, 6.45) is 95.0. The van der Waals surface area contributed by atoms with Crippen LogP contribution >= 0.6 is 0 Å². The van der Waals surface area contributed by atoms with E-state index in [2.05, 4.69) is 142 Å². The maximum Gasteiger partial charge on any atom is 0.306 e. The highest BCUT2D eigenvalue weighted by Gasteiger charge is 2.19. The molecule has 0 radical (unpaired) electrons. The summed E-state index contributed by atoms with van der Waals surface area (Å²) in [7, 11) is 0. The number of hydrogen-bond donors (Lipinski definition) is 0. The van der Waals surface area contributed by atoms with Crippen molar-refractivity contribution in [1.82, 2.24) is 0 Å². The molecular weight excluding hydrogens is 997 g/mol. The van der Waals surface area contributed by atoms with Gasteiger partial charge in [0.1, 0.15) is 13.2 Å². The molecule has 0 aromatic carbocycles. The van der Waals surface area contributed by atoms with Gasteiger partial charge in [0.05, 0.1) is 0 Å². The summed E-state index contributed by atoms with van der Waals surface area (Å²) in [4.78, 5) is 38.3. The maximum absolute atomic E-state index is 12.9. The van der Waals surface area contributed by atoms with Crippen LogP contribution in [0.5, 0.6) is 0 Å². The molecule has 0 fully saturated rings. The second-order valence-electron chi connectivity index (χ2n) is 22.4. The first-order chi connectivity index (χ1) is 40.0. The van der Waals surface area contributed by atoms with E-state index in [9.17, 15) is 14.4 Å². The number of hydrogen-bond acceptors (Lipinski definition) is 6. The fourth-order valence-corrected chi connectivity index (χ4v) is 9.36. The Kier molecular flexibility index (Phi) is 64.8. The van der Waals surface area contributed by atoms with Crippen LogP contribution < -0.4 is 0 Å². The second-order valence-corrected chi connectivity index (χ2v) is 22.4. The molecule has 1 atom stereocenters. The molecule has 0 aliphatic carbocycles. The van der Waals surface area contributed by atoms with E-state index in [1.807, 2.05) is 0 Å². The van der Waals surface area contributed by atoms with Crippen molar-refractivity contribution in [3.63, 3.8) is 0 Å². The summed E-state index contributed by atoms with van der Waals surface area (Å²) in [6, 6.07) is 0. The van der Waals surface area contributed by atoms with Gasteiger partial charge in [-0.05, 0) is 109 Å². The zero-order valence-corrected chi connectivity index (χ0v) is 53.0. The molecule has 0 saturated carbocycles. The van der Waals surface area contributed by atoms with Gasteiger partial charge in [0, 0.05) is 19.3 Å². The standard InChI is InChI=1S/C75H126O6/c1-4-7-10-13-16-19-22-25-28-29-30-31-32-33-34-35-36-37-38-39-40-41-42-43-44-45-46-47-48-51-53-56-59-62-65-68-74(77)80-71-72(81-75(78)69-66-63-60-57-54-50-27-24-21-18-15-12-9-6-3)70-79-73(76)67-64-61-58-55-52-49-26-23-20-17-14-11-8-5-2/h7,10,15-16,18-19,24-25,27-28,30-31,33-34,36-37,39-40,42-43,72H,4-6,8-9,11-14,17,20-23,26,29,32,35,38,41,44-71H2,1-3H3/b10-7-,18-15-,19-16-,27-24-,28-25-,31-30-,34-33-,37-36-,40-39-,43-42-. The molecule has 0 saturated heterocycles.